The molecular formula is C30H40FNO6. The molecule has 0 aromatic heterocycles. The molecule has 7 nitrogen and oxygen atoms in total. The van der Waals surface area contributed by atoms with E-state index in [0.29, 0.717) is 32.1 Å². The van der Waals surface area contributed by atoms with E-state index < -0.39 is 18.2 Å². The van der Waals surface area contributed by atoms with Crippen molar-refractivity contribution in [2.75, 3.05) is 26.3 Å². The predicted octanol–water partition coefficient (Wildman–Crippen LogP) is 6.24. The van der Waals surface area contributed by atoms with E-state index in [4.69, 9.17) is 14.2 Å². The maximum Gasteiger partial charge on any atom is 0.410 e. The fraction of sp³-hybridized carbons (Fsp3) is 0.533. The van der Waals surface area contributed by atoms with Gasteiger partial charge in [-0.15, -0.1) is 0 Å². The van der Waals surface area contributed by atoms with Crippen LogP contribution in [0.25, 0.3) is 0 Å². The molecule has 2 aromatic carbocycles. The lowest BCUT2D eigenvalue weighted by Gasteiger charge is -2.25. The van der Waals surface area contributed by atoms with E-state index in [2.05, 4.69) is 0 Å². The molecule has 0 bridgehead atoms. The Labute approximate surface area is 224 Å². The van der Waals surface area contributed by atoms with E-state index in [0.717, 1.165) is 29.9 Å². The first-order chi connectivity index (χ1) is 18.4. The van der Waals surface area contributed by atoms with Gasteiger partial charge in [0.1, 0.15) is 24.8 Å². The number of carbonyl (C=O) groups excluding carboxylic acids is 1. The van der Waals surface area contributed by atoms with Crippen molar-refractivity contribution in [1.82, 2.24) is 4.90 Å². The number of benzene rings is 2. The van der Waals surface area contributed by atoms with Crippen LogP contribution >= 0.6 is 0 Å². The summed E-state index contributed by atoms with van der Waals surface area (Å²) in [6.07, 6.45) is 7.45. The molecule has 3 rings (SSSR count). The summed E-state index contributed by atoms with van der Waals surface area (Å²) in [5.41, 5.74) is 1.57. The molecule has 1 atom stereocenters. The van der Waals surface area contributed by atoms with Gasteiger partial charge in [0.2, 0.25) is 0 Å². The third-order valence-electron chi connectivity index (χ3n) is 6.92. The Morgan fingerprint density at radius 2 is 1.68 bits per heavy atom. The van der Waals surface area contributed by atoms with Crippen molar-refractivity contribution in [3.05, 3.63) is 65.5 Å². The molecule has 38 heavy (non-hydrogen) atoms. The number of carbonyl (C=O) groups is 2. The molecule has 0 radical (unpaired) electrons. The number of carboxylic acid groups (broad SMARTS) is 1. The fourth-order valence-corrected chi connectivity index (χ4v) is 4.79. The number of nitrogens with zero attached hydrogens (tertiary/aromatic N) is 1. The van der Waals surface area contributed by atoms with Crippen molar-refractivity contribution >= 4 is 12.1 Å². The van der Waals surface area contributed by atoms with Gasteiger partial charge in [-0.3, -0.25) is 0 Å². The molecule has 1 aliphatic rings. The zero-order valence-corrected chi connectivity index (χ0v) is 22.3. The fourth-order valence-electron chi connectivity index (χ4n) is 4.79. The monoisotopic (exact) mass is 529 g/mol. The number of amides is 1. The first-order valence-electron chi connectivity index (χ1n) is 13.7. The van der Waals surface area contributed by atoms with Crippen LogP contribution in [0.1, 0.15) is 63.0 Å². The molecule has 2 aromatic rings. The van der Waals surface area contributed by atoms with Gasteiger partial charge in [-0.25, -0.2) is 14.0 Å². The van der Waals surface area contributed by atoms with Crippen LogP contribution in [-0.2, 0) is 27.3 Å². The zero-order valence-electron chi connectivity index (χ0n) is 22.3. The Balaban J connectivity index is 1.50. The Kier molecular flexibility index (Phi) is 12.4. The van der Waals surface area contributed by atoms with E-state index in [-0.39, 0.29) is 18.8 Å². The molecule has 1 amide bonds. The van der Waals surface area contributed by atoms with Crippen molar-refractivity contribution in [3.63, 3.8) is 0 Å². The second-order valence-electron chi connectivity index (χ2n) is 9.79. The van der Waals surface area contributed by atoms with Crippen molar-refractivity contribution in [2.24, 2.45) is 5.92 Å². The summed E-state index contributed by atoms with van der Waals surface area (Å²) in [6.45, 7) is 3.45. The Morgan fingerprint density at radius 3 is 2.34 bits per heavy atom. The number of carboxylic acids is 1. The molecule has 8 heteroatoms. The summed E-state index contributed by atoms with van der Waals surface area (Å²) in [4.78, 5) is 25.9. The average Bonchev–Trinajstić information content (AvgIpc) is 2.93. The molecule has 0 saturated heterocycles. The second kappa shape index (κ2) is 16.0. The van der Waals surface area contributed by atoms with Crippen molar-refractivity contribution in [2.45, 2.75) is 71.0 Å². The van der Waals surface area contributed by atoms with Gasteiger partial charge in [-0.1, -0.05) is 56.4 Å². The van der Waals surface area contributed by atoms with E-state index in [9.17, 15) is 19.1 Å². The zero-order chi connectivity index (χ0) is 27.2. The van der Waals surface area contributed by atoms with Gasteiger partial charge in [-0.2, -0.15) is 0 Å². The number of aliphatic carboxylic acids is 1. The van der Waals surface area contributed by atoms with Gasteiger partial charge < -0.3 is 24.2 Å². The van der Waals surface area contributed by atoms with Gasteiger partial charge in [0.15, 0.2) is 6.10 Å². The summed E-state index contributed by atoms with van der Waals surface area (Å²) in [6, 6.07) is 13.1. The number of hydrogen-bond acceptors (Lipinski definition) is 5. The van der Waals surface area contributed by atoms with Crippen LogP contribution in [0.3, 0.4) is 0 Å². The molecular weight excluding hydrogens is 489 g/mol. The normalized spacial score (nSPS) is 14.6. The highest BCUT2D eigenvalue weighted by Crippen LogP contribution is 2.27. The van der Waals surface area contributed by atoms with Crippen molar-refractivity contribution < 1.29 is 33.3 Å². The summed E-state index contributed by atoms with van der Waals surface area (Å²) >= 11 is 0. The van der Waals surface area contributed by atoms with Crippen molar-refractivity contribution in [3.8, 4) is 5.75 Å². The molecule has 1 fully saturated rings. The van der Waals surface area contributed by atoms with Crippen molar-refractivity contribution in [1.29, 1.82) is 0 Å². The minimum atomic E-state index is -0.984. The molecule has 1 aliphatic carbocycles. The third-order valence-corrected chi connectivity index (χ3v) is 6.92. The Hall–Kier alpha value is -3.13. The van der Waals surface area contributed by atoms with Gasteiger partial charge in [0.05, 0.1) is 6.54 Å². The lowest BCUT2D eigenvalue weighted by Crippen LogP contribution is -2.36. The van der Waals surface area contributed by atoms with Crippen LogP contribution in [0.5, 0.6) is 5.75 Å². The quantitative estimate of drug-likeness (QED) is 0.294. The van der Waals surface area contributed by atoms with E-state index in [1.54, 1.807) is 36.1 Å². The molecule has 1 N–H and O–H groups in total. The SMILES string of the molecule is CCOC(Cc1ccc(OCCN(CCCC2CCCCC2)C(=O)OCc2ccc(F)cc2)cc1)C(=O)O. The summed E-state index contributed by atoms with van der Waals surface area (Å²) in [5, 5.41) is 9.28. The first-order valence-corrected chi connectivity index (χ1v) is 13.7. The van der Waals surface area contributed by atoms with Crippen LogP contribution in [0, 0.1) is 11.7 Å². The Bertz CT molecular complexity index is 975. The maximum atomic E-state index is 13.2. The highest BCUT2D eigenvalue weighted by atomic mass is 19.1. The molecule has 0 aliphatic heterocycles. The largest absolute Gasteiger partial charge is 0.492 e. The predicted molar refractivity (Wildman–Crippen MR) is 143 cm³/mol. The smallest absolute Gasteiger partial charge is 0.410 e. The van der Waals surface area contributed by atoms with E-state index in [1.165, 1.54) is 44.2 Å². The van der Waals surface area contributed by atoms with E-state index in [1.807, 2.05) is 12.1 Å². The lowest BCUT2D eigenvalue weighted by molar-refractivity contribution is -0.149. The van der Waals surface area contributed by atoms with Crippen LogP contribution in [-0.4, -0.2) is 54.5 Å². The number of ether oxygens (including phenoxy) is 3. The average molecular weight is 530 g/mol. The van der Waals surface area contributed by atoms with Gasteiger partial charge in [-0.05, 0) is 61.1 Å². The number of rotatable bonds is 15. The van der Waals surface area contributed by atoms with Crippen LogP contribution in [0.15, 0.2) is 48.5 Å². The van der Waals surface area contributed by atoms with Gasteiger partial charge in [0.25, 0.3) is 0 Å². The molecule has 1 saturated carbocycles. The Morgan fingerprint density at radius 1 is 1.00 bits per heavy atom. The highest BCUT2D eigenvalue weighted by Gasteiger charge is 2.19. The minimum absolute atomic E-state index is 0.0830. The standard InChI is InChI=1S/C30H40FNO6/c1-2-36-28(29(33)34)21-24-12-16-27(17-13-24)37-20-19-32(18-6-9-23-7-4-3-5-8-23)30(35)38-22-25-10-14-26(31)15-11-25/h10-17,23,28H,2-9,18-22H2,1H3,(H,33,34). The topological polar surface area (TPSA) is 85.3 Å². The molecule has 0 spiro atoms. The van der Waals surface area contributed by atoms with Crippen LogP contribution in [0.4, 0.5) is 9.18 Å². The van der Waals surface area contributed by atoms with Crippen LogP contribution < -0.4 is 4.74 Å². The first kappa shape index (κ1) is 29.4. The summed E-state index contributed by atoms with van der Waals surface area (Å²) < 4.78 is 29.8. The van der Waals surface area contributed by atoms with Gasteiger partial charge >= 0.3 is 12.1 Å². The number of halogens is 1. The lowest BCUT2D eigenvalue weighted by atomic mass is 9.86. The van der Waals surface area contributed by atoms with E-state index >= 15 is 0 Å². The molecule has 1 unspecified atom stereocenters. The third kappa shape index (κ3) is 10.3. The summed E-state index contributed by atoms with van der Waals surface area (Å²) in [7, 11) is 0. The van der Waals surface area contributed by atoms with Gasteiger partial charge in [0, 0.05) is 19.6 Å². The summed E-state index contributed by atoms with van der Waals surface area (Å²) in [5.74, 6) is 0.0607. The maximum absolute atomic E-state index is 13.2. The molecule has 0 heterocycles. The van der Waals surface area contributed by atoms with Crippen LogP contribution in [0.2, 0.25) is 0 Å². The highest BCUT2D eigenvalue weighted by molar-refractivity contribution is 5.72. The molecule has 208 valence electrons. The second-order valence-corrected chi connectivity index (χ2v) is 9.79. The minimum Gasteiger partial charge on any atom is -0.492 e. The number of hydrogen-bond donors (Lipinski definition) is 1.